The largest absolute Gasteiger partial charge is 0.382 e. The summed E-state index contributed by atoms with van der Waals surface area (Å²) in [6, 6.07) is 0.213. The average molecular weight is 332 g/mol. The Hall–Kier alpha value is -1.43. The van der Waals surface area contributed by atoms with E-state index < -0.39 is 5.60 Å². The zero-order valence-corrected chi connectivity index (χ0v) is 14.7. The van der Waals surface area contributed by atoms with Gasteiger partial charge in [-0.15, -0.1) is 5.10 Å². The Balaban J connectivity index is 1.50. The van der Waals surface area contributed by atoms with Gasteiger partial charge in [-0.3, -0.25) is 4.79 Å². The van der Waals surface area contributed by atoms with Gasteiger partial charge < -0.3 is 10.0 Å². The van der Waals surface area contributed by atoms with E-state index in [1.165, 1.54) is 25.7 Å². The van der Waals surface area contributed by atoms with Gasteiger partial charge in [-0.25, -0.2) is 4.68 Å². The summed E-state index contributed by atoms with van der Waals surface area (Å²) in [5.74, 6) is 1.68. The lowest BCUT2D eigenvalue weighted by atomic mass is 9.88. The maximum Gasteiger partial charge on any atom is 0.226 e. The molecule has 1 amide bonds. The molecule has 6 nitrogen and oxygen atoms in total. The number of amides is 1. The third-order valence-corrected chi connectivity index (χ3v) is 5.84. The molecule has 0 unspecified atom stereocenters. The molecule has 1 saturated heterocycles. The van der Waals surface area contributed by atoms with Gasteiger partial charge in [-0.2, -0.15) is 0 Å². The molecule has 2 aliphatic carbocycles. The van der Waals surface area contributed by atoms with Gasteiger partial charge in [0.2, 0.25) is 5.91 Å². The van der Waals surface area contributed by atoms with Crippen molar-refractivity contribution in [3.05, 3.63) is 11.9 Å². The summed E-state index contributed by atoms with van der Waals surface area (Å²) in [5, 5.41) is 19.4. The van der Waals surface area contributed by atoms with Crippen LogP contribution in [-0.4, -0.2) is 44.0 Å². The fourth-order valence-electron chi connectivity index (χ4n) is 4.09. The van der Waals surface area contributed by atoms with Gasteiger partial charge in [0.25, 0.3) is 0 Å². The molecule has 1 aliphatic heterocycles. The molecular weight excluding hydrogens is 304 g/mol. The van der Waals surface area contributed by atoms with Gasteiger partial charge in [0.05, 0.1) is 12.7 Å². The summed E-state index contributed by atoms with van der Waals surface area (Å²) >= 11 is 0. The van der Waals surface area contributed by atoms with Crippen LogP contribution in [0, 0.1) is 17.8 Å². The second-order valence-corrected chi connectivity index (χ2v) is 8.27. The zero-order valence-electron chi connectivity index (χ0n) is 14.7. The summed E-state index contributed by atoms with van der Waals surface area (Å²) in [4.78, 5) is 15.0. The summed E-state index contributed by atoms with van der Waals surface area (Å²) in [6.45, 7) is 5.19. The number of piperidine rings is 1. The topological polar surface area (TPSA) is 71.2 Å². The normalized spacial score (nSPS) is 28.0. The number of aliphatic hydroxyl groups is 1. The summed E-state index contributed by atoms with van der Waals surface area (Å²) < 4.78 is 1.77. The molecule has 3 fully saturated rings. The lowest BCUT2D eigenvalue weighted by Crippen LogP contribution is -2.51. The van der Waals surface area contributed by atoms with Crippen molar-refractivity contribution in [1.29, 1.82) is 0 Å². The second-order valence-electron chi connectivity index (χ2n) is 8.27. The molecule has 4 rings (SSSR count). The molecule has 1 aromatic heterocycles. The van der Waals surface area contributed by atoms with Gasteiger partial charge in [-0.1, -0.05) is 5.21 Å². The first-order chi connectivity index (χ1) is 11.5. The standard InChI is InChI=1S/C18H28N4O2/c1-12(2)22-10-15(19-20-22)18(24)8-3-9-21(11-18)17(23)16(13-4-5-13)14-6-7-14/h10,12-14,16,24H,3-9,11H2,1-2H3/t18-/m1/s1. The predicted molar refractivity (Wildman–Crippen MR) is 89.1 cm³/mol. The van der Waals surface area contributed by atoms with Crippen molar-refractivity contribution in [3.63, 3.8) is 0 Å². The van der Waals surface area contributed by atoms with E-state index >= 15 is 0 Å². The first kappa shape index (κ1) is 16.1. The van der Waals surface area contributed by atoms with Crippen LogP contribution < -0.4 is 0 Å². The predicted octanol–water partition coefficient (Wildman–Crippen LogP) is 2.11. The van der Waals surface area contributed by atoms with Crippen LogP contribution in [0.4, 0.5) is 0 Å². The molecule has 0 bridgehead atoms. The molecule has 0 radical (unpaired) electrons. The first-order valence-electron chi connectivity index (χ1n) is 9.41. The molecule has 2 heterocycles. The number of β-amino-alcohol motifs (C(OH)–C–C–N with tert-alkyl or cyclic N) is 1. The molecule has 2 saturated carbocycles. The minimum absolute atomic E-state index is 0.207. The van der Waals surface area contributed by atoms with Crippen LogP contribution in [0.15, 0.2) is 6.20 Å². The van der Waals surface area contributed by atoms with Gasteiger partial charge in [-0.05, 0) is 64.2 Å². The summed E-state index contributed by atoms with van der Waals surface area (Å²) in [6.07, 6.45) is 8.10. The Morgan fingerprint density at radius 2 is 1.96 bits per heavy atom. The number of carbonyl (C=O) groups excluding carboxylic acids is 1. The SMILES string of the molecule is CC(C)n1cc([C@@]2(O)CCCN(C(=O)C(C3CC3)C3CC3)C2)nn1. The van der Waals surface area contributed by atoms with E-state index in [1.807, 2.05) is 24.9 Å². The van der Waals surface area contributed by atoms with Gasteiger partial charge >= 0.3 is 0 Å². The van der Waals surface area contributed by atoms with Crippen molar-refractivity contribution in [1.82, 2.24) is 19.9 Å². The number of hydrogen-bond acceptors (Lipinski definition) is 4. The monoisotopic (exact) mass is 332 g/mol. The highest BCUT2D eigenvalue weighted by Crippen LogP contribution is 2.50. The van der Waals surface area contributed by atoms with Gasteiger partial charge in [0, 0.05) is 18.5 Å². The molecule has 1 atom stereocenters. The summed E-state index contributed by atoms with van der Waals surface area (Å²) in [5.41, 5.74) is -0.457. The summed E-state index contributed by atoms with van der Waals surface area (Å²) in [7, 11) is 0. The third kappa shape index (κ3) is 2.96. The van der Waals surface area contributed by atoms with Crippen molar-refractivity contribution < 1.29 is 9.90 Å². The fraction of sp³-hybridized carbons (Fsp3) is 0.833. The molecule has 3 aliphatic rings. The lowest BCUT2D eigenvalue weighted by Gasteiger charge is -2.39. The second kappa shape index (κ2) is 5.83. The maximum absolute atomic E-state index is 13.1. The van der Waals surface area contributed by atoms with Crippen LogP contribution in [-0.2, 0) is 10.4 Å². The van der Waals surface area contributed by atoms with E-state index in [1.54, 1.807) is 4.68 Å². The Morgan fingerprint density at radius 3 is 2.50 bits per heavy atom. The Morgan fingerprint density at radius 1 is 1.29 bits per heavy atom. The van der Waals surface area contributed by atoms with Crippen molar-refractivity contribution in [2.24, 2.45) is 17.8 Å². The van der Waals surface area contributed by atoms with E-state index in [0.717, 1.165) is 13.0 Å². The van der Waals surface area contributed by atoms with Crippen LogP contribution in [0.5, 0.6) is 0 Å². The van der Waals surface area contributed by atoms with Gasteiger partial charge in [0.15, 0.2) is 0 Å². The lowest BCUT2D eigenvalue weighted by molar-refractivity contribution is -0.145. The minimum Gasteiger partial charge on any atom is -0.382 e. The number of rotatable bonds is 5. The molecular formula is C18H28N4O2. The highest BCUT2D eigenvalue weighted by Gasteiger charge is 2.49. The Labute approximate surface area is 143 Å². The van der Waals surface area contributed by atoms with Crippen molar-refractivity contribution >= 4 is 5.91 Å². The van der Waals surface area contributed by atoms with Gasteiger partial charge in [0.1, 0.15) is 11.3 Å². The van der Waals surface area contributed by atoms with Crippen LogP contribution in [0.3, 0.4) is 0 Å². The minimum atomic E-state index is -1.06. The third-order valence-electron chi connectivity index (χ3n) is 5.84. The van der Waals surface area contributed by atoms with E-state index in [2.05, 4.69) is 10.3 Å². The number of aromatic nitrogens is 3. The highest BCUT2D eigenvalue weighted by atomic mass is 16.3. The fourth-order valence-corrected chi connectivity index (χ4v) is 4.09. The molecule has 0 spiro atoms. The van der Waals surface area contributed by atoms with Crippen molar-refractivity contribution in [2.45, 2.75) is 64.0 Å². The van der Waals surface area contributed by atoms with Crippen LogP contribution >= 0.6 is 0 Å². The van der Waals surface area contributed by atoms with Crippen molar-refractivity contribution in [2.75, 3.05) is 13.1 Å². The molecule has 1 aromatic rings. The number of likely N-dealkylation sites (tertiary alicyclic amines) is 1. The smallest absolute Gasteiger partial charge is 0.226 e. The number of carbonyl (C=O) groups is 1. The van der Waals surface area contributed by atoms with Crippen LogP contribution in [0.1, 0.15) is 64.1 Å². The van der Waals surface area contributed by atoms with E-state index in [4.69, 9.17) is 0 Å². The molecule has 132 valence electrons. The van der Waals surface area contributed by atoms with Crippen LogP contribution in [0.2, 0.25) is 0 Å². The van der Waals surface area contributed by atoms with E-state index in [0.29, 0.717) is 30.5 Å². The number of nitrogens with zero attached hydrogens (tertiary/aromatic N) is 4. The number of hydrogen-bond donors (Lipinski definition) is 1. The quantitative estimate of drug-likeness (QED) is 0.896. The van der Waals surface area contributed by atoms with E-state index in [9.17, 15) is 9.90 Å². The first-order valence-corrected chi connectivity index (χ1v) is 9.41. The Kier molecular flexibility index (Phi) is 3.90. The Bertz CT molecular complexity index is 608. The molecule has 0 aromatic carbocycles. The highest BCUT2D eigenvalue weighted by molar-refractivity contribution is 5.80. The maximum atomic E-state index is 13.1. The molecule has 1 N–H and O–H groups in total. The van der Waals surface area contributed by atoms with Crippen LogP contribution in [0.25, 0.3) is 0 Å². The zero-order chi connectivity index (χ0) is 16.9. The van der Waals surface area contributed by atoms with Crippen molar-refractivity contribution in [3.8, 4) is 0 Å². The molecule has 24 heavy (non-hydrogen) atoms. The van der Waals surface area contributed by atoms with E-state index in [-0.39, 0.29) is 17.9 Å². The molecule has 6 heteroatoms. The average Bonchev–Trinajstić information content (AvgIpc) is 3.48.